The minimum atomic E-state index is -0.873. The molecule has 2 rings (SSSR count). The first-order chi connectivity index (χ1) is 9.17. The molecule has 19 heavy (non-hydrogen) atoms. The molecule has 0 bridgehead atoms. The fraction of sp³-hybridized carbons (Fsp3) is 0.385. The number of hydrogen-bond acceptors (Lipinski definition) is 6. The number of hydrogen-bond donors (Lipinski definition) is 1. The number of aromatic nitrogens is 1. The quantitative estimate of drug-likeness (QED) is 0.681. The smallest absolute Gasteiger partial charge is 0.169 e. The summed E-state index contributed by atoms with van der Waals surface area (Å²) in [5.74, 6) is 1.61. The topological polar surface area (TPSA) is 77.6 Å². The highest BCUT2D eigenvalue weighted by Crippen LogP contribution is 2.41. The molecular formula is C13H13N3OS2. The normalized spacial score (nSPS) is 22.2. The van der Waals surface area contributed by atoms with Gasteiger partial charge in [-0.05, 0) is 23.8 Å². The van der Waals surface area contributed by atoms with Gasteiger partial charge in [-0.1, -0.05) is 6.92 Å². The monoisotopic (exact) mass is 291 g/mol. The average Bonchev–Trinajstić information content (AvgIpc) is 2.81. The second-order valence-corrected chi connectivity index (χ2v) is 6.51. The van der Waals surface area contributed by atoms with Gasteiger partial charge >= 0.3 is 0 Å². The zero-order valence-electron chi connectivity index (χ0n) is 10.5. The Balaban J connectivity index is 2.51. The minimum Gasteiger partial charge on any atom is -0.296 e. The van der Waals surface area contributed by atoms with Crippen LogP contribution in [0.1, 0.15) is 29.4 Å². The number of thioether (sulfide) groups is 2. The molecule has 1 aliphatic heterocycles. The highest BCUT2D eigenvalue weighted by atomic mass is 32.2. The molecule has 1 fully saturated rings. The van der Waals surface area contributed by atoms with Crippen molar-refractivity contribution in [3.05, 3.63) is 23.5 Å². The van der Waals surface area contributed by atoms with Crippen molar-refractivity contribution in [1.82, 2.24) is 4.98 Å². The van der Waals surface area contributed by atoms with Crippen LogP contribution in [-0.2, 0) is 5.41 Å². The van der Waals surface area contributed by atoms with Crippen LogP contribution in [0.3, 0.4) is 0 Å². The summed E-state index contributed by atoms with van der Waals surface area (Å²) >= 11 is 2.94. The van der Waals surface area contributed by atoms with Gasteiger partial charge in [-0.15, -0.1) is 23.5 Å². The van der Waals surface area contributed by atoms with Gasteiger partial charge in [0, 0.05) is 16.8 Å². The molecule has 1 N–H and O–H groups in total. The number of pyridine rings is 1. The van der Waals surface area contributed by atoms with Gasteiger partial charge in [-0.2, -0.15) is 5.26 Å². The first-order valence-corrected chi connectivity index (χ1v) is 7.86. The van der Waals surface area contributed by atoms with Crippen LogP contribution < -0.4 is 0 Å². The van der Waals surface area contributed by atoms with Crippen molar-refractivity contribution >= 4 is 34.9 Å². The third-order valence-corrected chi connectivity index (χ3v) is 5.06. The molecule has 1 atom stereocenters. The Kier molecular flexibility index (Phi) is 4.27. The molecule has 0 aromatic carbocycles. The summed E-state index contributed by atoms with van der Waals surface area (Å²) < 4.78 is 0. The molecule has 98 valence electrons. The maximum atomic E-state index is 11.0. The van der Waals surface area contributed by atoms with Crippen molar-refractivity contribution in [3.8, 4) is 6.07 Å². The zero-order chi connectivity index (χ0) is 13.9. The molecule has 0 radical (unpaired) electrons. The Morgan fingerprint density at radius 3 is 3.05 bits per heavy atom. The third kappa shape index (κ3) is 2.40. The van der Waals surface area contributed by atoms with E-state index in [2.05, 4.69) is 11.1 Å². The van der Waals surface area contributed by atoms with Crippen LogP contribution in [0.2, 0.25) is 0 Å². The van der Waals surface area contributed by atoms with Crippen molar-refractivity contribution in [1.29, 1.82) is 10.7 Å². The lowest BCUT2D eigenvalue weighted by Crippen LogP contribution is -2.28. The predicted molar refractivity (Wildman–Crippen MR) is 78.1 cm³/mol. The molecule has 1 aromatic heterocycles. The van der Waals surface area contributed by atoms with E-state index in [4.69, 9.17) is 5.41 Å². The van der Waals surface area contributed by atoms with E-state index in [-0.39, 0.29) is 0 Å². The van der Waals surface area contributed by atoms with Crippen molar-refractivity contribution in [3.63, 3.8) is 0 Å². The Labute approximate surface area is 120 Å². The summed E-state index contributed by atoms with van der Waals surface area (Å²) in [7, 11) is 0. The standard InChI is InChI=1S/C13H13N3OS2/c1-2-18-11-5-9(6-16-10(11)7-17)13(8-14)3-4-19-12(13)15/h5-7,15H,2-4H2,1H3. The van der Waals surface area contributed by atoms with Crippen LogP contribution in [-0.4, -0.2) is 27.8 Å². The Bertz CT molecular complexity index is 567. The molecule has 0 spiro atoms. The van der Waals surface area contributed by atoms with E-state index < -0.39 is 5.41 Å². The number of nitrogens with zero attached hydrogens (tertiary/aromatic N) is 2. The summed E-state index contributed by atoms with van der Waals surface area (Å²) in [4.78, 5) is 15.9. The fourth-order valence-electron chi connectivity index (χ4n) is 2.04. The third-order valence-electron chi connectivity index (χ3n) is 3.09. The predicted octanol–water partition coefficient (Wildman–Crippen LogP) is 2.88. The largest absolute Gasteiger partial charge is 0.296 e. The first-order valence-electron chi connectivity index (χ1n) is 5.89. The Morgan fingerprint density at radius 1 is 1.74 bits per heavy atom. The van der Waals surface area contributed by atoms with E-state index in [1.807, 2.05) is 13.0 Å². The molecule has 0 aliphatic carbocycles. The van der Waals surface area contributed by atoms with Gasteiger partial charge in [0.1, 0.15) is 11.1 Å². The number of nitrogens with one attached hydrogen (secondary N) is 1. The maximum absolute atomic E-state index is 11.0. The summed E-state index contributed by atoms with van der Waals surface area (Å²) in [6.45, 7) is 2.00. The summed E-state index contributed by atoms with van der Waals surface area (Å²) in [6, 6.07) is 4.11. The lowest BCUT2D eigenvalue weighted by Gasteiger charge is -2.20. The first kappa shape index (κ1) is 14.1. The molecular weight excluding hydrogens is 278 g/mol. The molecule has 1 aliphatic rings. The second kappa shape index (κ2) is 5.76. The summed E-state index contributed by atoms with van der Waals surface area (Å²) in [5.41, 5.74) is 0.259. The number of rotatable bonds is 4. The minimum absolute atomic E-state index is 0.378. The number of carbonyl (C=O) groups is 1. The molecule has 0 saturated carbocycles. The molecule has 1 aromatic rings. The molecule has 1 saturated heterocycles. The van der Waals surface area contributed by atoms with E-state index in [0.717, 1.165) is 28.3 Å². The zero-order valence-corrected chi connectivity index (χ0v) is 12.1. The van der Waals surface area contributed by atoms with Crippen LogP contribution in [0.4, 0.5) is 0 Å². The molecule has 0 amide bonds. The van der Waals surface area contributed by atoms with Gasteiger partial charge in [-0.3, -0.25) is 15.2 Å². The second-order valence-electron chi connectivity index (χ2n) is 4.10. The van der Waals surface area contributed by atoms with Gasteiger partial charge in [-0.25, -0.2) is 0 Å². The summed E-state index contributed by atoms with van der Waals surface area (Å²) in [6.07, 6.45) is 2.92. The van der Waals surface area contributed by atoms with Crippen molar-refractivity contribution in [2.45, 2.75) is 23.7 Å². The Hall–Kier alpha value is -1.32. The highest BCUT2D eigenvalue weighted by Gasteiger charge is 2.42. The lowest BCUT2D eigenvalue weighted by molar-refractivity contribution is 0.111. The van der Waals surface area contributed by atoms with E-state index in [1.54, 1.807) is 6.20 Å². The van der Waals surface area contributed by atoms with Crippen molar-refractivity contribution < 1.29 is 4.79 Å². The highest BCUT2D eigenvalue weighted by molar-refractivity contribution is 8.14. The van der Waals surface area contributed by atoms with Crippen molar-refractivity contribution in [2.75, 3.05) is 11.5 Å². The molecule has 1 unspecified atom stereocenters. The van der Waals surface area contributed by atoms with Crippen molar-refractivity contribution in [2.24, 2.45) is 0 Å². The van der Waals surface area contributed by atoms with Gasteiger partial charge < -0.3 is 0 Å². The van der Waals surface area contributed by atoms with E-state index in [0.29, 0.717) is 17.2 Å². The number of carbonyl (C=O) groups excluding carboxylic acids is 1. The Morgan fingerprint density at radius 2 is 2.53 bits per heavy atom. The molecule has 4 nitrogen and oxygen atoms in total. The number of nitriles is 1. The van der Waals surface area contributed by atoms with Crippen LogP contribution in [0, 0.1) is 16.7 Å². The SMILES string of the molecule is CCSc1cc(C2(C#N)CCSC2=N)cnc1C=O. The van der Waals surface area contributed by atoms with E-state index >= 15 is 0 Å². The van der Waals surface area contributed by atoms with E-state index in [1.165, 1.54) is 23.5 Å². The van der Waals surface area contributed by atoms with Gasteiger partial charge in [0.25, 0.3) is 0 Å². The lowest BCUT2D eigenvalue weighted by atomic mass is 9.81. The van der Waals surface area contributed by atoms with Gasteiger partial charge in [0.2, 0.25) is 0 Å². The van der Waals surface area contributed by atoms with Gasteiger partial charge in [0.05, 0.1) is 11.1 Å². The van der Waals surface area contributed by atoms with Crippen LogP contribution in [0.5, 0.6) is 0 Å². The number of aldehydes is 1. The van der Waals surface area contributed by atoms with E-state index in [9.17, 15) is 10.1 Å². The average molecular weight is 291 g/mol. The van der Waals surface area contributed by atoms with Crippen LogP contribution in [0.15, 0.2) is 17.2 Å². The fourth-order valence-corrected chi connectivity index (χ4v) is 3.93. The summed E-state index contributed by atoms with van der Waals surface area (Å²) in [5, 5.41) is 17.9. The molecule has 6 heteroatoms. The molecule has 2 heterocycles. The van der Waals surface area contributed by atoms with Crippen LogP contribution in [0.25, 0.3) is 0 Å². The van der Waals surface area contributed by atoms with Gasteiger partial charge in [0.15, 0.2) is 6.29 Å². The maximum Gasteiger partial charge on any atom is 0.169 e. The van der Waals surface area contributed by atoms with Crippen LogP contribution >= 0.6 is 23.5 Å².